The van der Waals surface area contributed by atoms with Crippen molar-refractivity contribution in [1.29, 1.82) is 0 Å². The molecule has 4 nitrogen and oxygen atoms in total. The molecule has 0 aliphatic carbocycles. The maximum Gasteiger partial charge on any atom is 0.149 e. The maximum absolute atomic E-state index is 6.01. The number of benzene rings is 3. The lowest BCUT2D eigenvalue weighted by molar-refractivity contribution is 0.571. The fraction of sp³-hybridized carbons (Fsp3) is 0.0526. The van der Waals surface area contributed by atoms with Crippen LogP contribution in [-0.4, -0.2) is 15.0 Å². The Labute approximate surface area is 164 Å². The Morgan fingerprint density at radius 1 is 0.960 bits per heavy atom. The van der Waals surface area contributed by atoms with Crippen molar-refractivity contribution in [3.05, 3.63) is 87.0 Å². The zero-order chi connectivity index (χ0) is 17.2. The van der Waals surface area contributed by atoms with Crippen LogP contribution in [0, 0.1) is 3.57 Å². The number of halogens is 2. The third-order valence-corrected chi connectivity index (χ3v) is 4.86. The molecule has 3 aromatic carbocycles. The van der Waals surface area contributed by atoms with E-state index in [1.54, 1.807) is 0 Å². The van der Waals surface area contributed by atoms with Gasteiger partial charge in [-0.2, -0.15) is 0 Å². The van der Waals surface area contributed by atoms with Gasteiger partial charge in [0.1, 0.15) is 11.7 Å². The van der Waals surface area contributed by atoms with Gasteiger partial charge in [-0.05, 0) is 76.7 Å². The number of hydrogen-bond donors (Lipinski definition) is 1. The fourth-order valence-electron chi connectivity index (χ4n) is 2.74. The number of anilines is 1. The van der Waals surface area contributed by atoms with E-state index in [4.69, 9.17) is 11.6 Å². The standard InChI is InChI=1S/C19H14ClIN4/c20-14-8-10-16(11-9-14)22-19(13-4-3-5-15(21)12-13)25-18-7-2-1-6-17(18)23-24-25/h1-12,19,22H. The summed E-state index contributed by atoms with van der Waals surface area (Å²) in [4.78, 5) is 0. The summed E-state index contributed by atoms with van der Waals surface area (Å²) in [5, 5.41) is 12.9. The normalized spacial score (nSPS) is 12.2. The SMILES string of the molecule is Clc1ccc(NC(c2cccc(I)c2)n2nnc3ccccc32)cc1. The lowest BCUT2D eigenvalue weighted by Gasteiger charge is -2.21. The monoisotopic (exact) mass is 460 g/mol. The Morgan fingerprint density at radius 3 is 2.56 bits per heavy atom. The van der Waals surface area contributed by atoms with Crippen LogP contribution in [0.15, 0.2) is 72.8 Å². The molecule has 4 rings (SSSR count). The highest BCUT2D eigenvalue weighted by atomic mass is 127. The van der Waals surface area contributed by atoms with Crippen molar-refractivity contribution >= 4 is 50.9 Å². The zero-order valence-electron chi connectivity index (χ0n) is 13.1. The van der Waals surface area contributed by atoms with Crippen LogP contribution in [0.1, 0.15) is 11.7 Å². The van der Waals surface area contributed by atoms with Gasteiger partial charge in [0, 0.05) is 14.3 Å². The van der Waals surface area contributed by atoms with Gasteiger partial charge >= 0.3 is 0 Å². The molecule has 1 unspecified atom stereocenters. The first-order valence-electron chi connectivity index (χ1n) is 7.78. The van der Waals surface area contributed by atoms with E-state index >= 15 is 0 Å². The van der Waals surface area contributed by atoms with Crippen molar-refractivity contribution in [2.24, 2.45) is 0 Å². The molecule has 0 radical (unpaired) electrons. The predicted molar refractivity (Wildman–Crippen MR) is 110 cm³/mol. The Hall–Kier alpha value is -2.12. The second kappa shape index (κ2) is 7.01. The van der Waals surface area contributed by atoms with Gasteiger partial charge in [0.05, 0.1) is 5.52 Å². The second-order valence-electron chi connectivity index (χ2n) is 5.63. The van der Waals surface area contributed by atoms with Gasteiger partial charge in [0.15, 0.2) is 0 Å². The molecule has 0 saturated heterocycles. The van der Waals surface area contributed by atoms with Crippen molar-refractivity contribution in [2.75, 3.05) is 5.32 Å². The number of aromatic nitrogens is 3. The Balaban J connectivity index is 1.82. The zero-order valence-corrected chi connectivity index (χ0v) is 16.0. The summed E-state index contributed by atoms with van der Waals surface area (Å²) < 4.78 is 3.08. The van der Waals surface area contributed by atoms with Crippen LogP contribution in [0.5, 0.6) is 0 Å². The third kappa shape index (κ3) is 3.48. The number of nitrogens with one attached hydrogen (secondary N) is 1. The molecule has 1 aromatic heterocycles. The molecule has 0 bridgehead atoms. The Bertz CT molecular complexity index is 1010. The molecule has 0 spiro atoms. The fourth-order valence-corrected chi connectivity index (χ4v) is 3.44. The number of para-hydroxylation sites is 1. The molecule has 124 valence electrons. The van der Waals surface area contributed by atoms with Crippen LogP contribution in [-0.2, 0) is 0 Å². The first-order valence-corrected chi connectivity index (χ1v) is 9.24. The average molecular weight is 461 g/mol. The van der Waals surface area contributed by atoms with Gasteiger partial charge in [0.2, 0.25) is 0 Å². The molecule has 25 heavy (non-hydrogen) atoms. The topological polar surface area (TPSA) is 42.7 Å². The van der Waals surface area contributed by atoms with Crippen LogP contribution in [0.4, 0.5) is 5.69 Å². The van der Waals surface area contributed by atoms with Gasteiger partial charge in [0.25, 0.3) is 0 Å². The third-order valence-electron chi connectivity index (χ3n) is 3.93. The summed E-state index contributed by atoms with van der Waals surface area (Å²) in [5.74, 6) is 0. The van der Waals surface area contributed by atoms with Gasteiger partial charge in [-0.1, -0.05) is 41.1 Å². The van der Waals surface area contributed by atoms with Crippen molar-refractivity contribution in [1.82, 2.24) is 15.0 Å². The summed E-state index contributed by atoms with van der Waals surface area (Å²) >= 11 is 8.33. The van der Waals surface area contributed by atoms with Gasteiger partial charge in [-0.25, -0.2) is 4.68 Å². The Kier molecular flexibility index (Phi) is 4.59. The van der Waals surface area contributed by atoms with Crippen LogP contribution in [0.2, 0.25) is 5.02 Å². The number of fused-ring (bicyclic) bond motifs is 1. The molecule has 0 aliphatic heterocycles. The minimum Gasteiger partial charge on any atom is -0.360 e. The summed E-state index contributed by atoms with van der Waals surface area (Å²) in [5.41, 5.74) is 3.93. The van der Waals surface area contributed by atoms with E-state index in [1.165, 1.54) is 3.57 Å². The van der Waals surface area contributed by atoms with Crippen molar-refractivity contribution in [3.63, 3.8) is 0 Å². The minimum atomic E-state index is -0.178. The molecule has 0 fully saturated rings. The van der Waals surface area contributed by atoms with E-state index in [1.807, 2.05) is 59.3 Å². The summed E-state index contributed by atoms with van der Waals surface area (Å²) in [6.07, 6.45) is -0.178. The summed E-state index contributed by atoms with van der Waals surface area (Å²) in [6, 6.07) is 24.0. The van der Waals surface area contributed by atoms with E-state index in [2.05, 4.69) is 56.4 Å². The summed E-state index contributed by atoms with van der Waals surface area (Å²) in [6.45, 7) is 0. The van der Waals surface area contributed by atoms with E-state index in [9.17, 15) is 0 Å². The molecule has 1 heterocycles. The first kappa shape index (κ1) is 16.4. The molecule has 0 aliphatic rings. The molecular formula is C19H14ClIN4. The highest BCUT2D eigenvalue weighted by Gasteiger charge is 2.18. The Morgan fingerprint density at radius 2 is 1.76 bits per heavy atom. The lowest BCUT2D eigenvalue weighted by Crippen LogP contribution is -2.21. The number of rotatable bonds is 4. The summed E-state index contributed by atoms with van der Waals surface area (Å²) in [7, 11) is 0. The van der Waals surface area contributed by atoms with Crippen LogP contribution >= 0.6 is 34.2 Å². The van der Waals surface area contributed by atoms with Crippen LogP contribution < -0.4 is 5.32 Å². The molecule has 0 amide bonds. The van der Waals surface area contributed by atoms with E-state index in [0.717, 1.165) is 22.3 Å². The van der Waals surface area contributed by atoms with Gasteiger partial charge in [-0.3, -0.25) is 0 Å². The lowest BCUT2D eigenvalue weighted by atomic mass is 10.1. The highest BCUT2D eigenvalue weighted by molar-refractivity contribution is 14.1. The molecule has 6 heteroatoms. The van der Waals surface area contributed by atoms with Crippen molar-refractivity contribution < 1.29 is 0 Å². The van der Waals surface area contributed by atoms with Gasteiger partial charge in [-0.15, -0.1) is 5.10 Å². The van der Waals surface area contributed by atoms with E-state index in [0.29, 0.717) is 5.02 Å². The van der Waals surface area contributed by atoms with Crippen LogP contribution in [0.25, 0.3) is 11.0 Å². The maximum atomic E-state index is 6.01. The van der Waals surface area contributed by atoms with Crippen molar-refractivity contribution in [3.8, 4) is 0 Å². The highest BCUT2D eigenvalue weighted by Crippen LogP contribution is 2.26. The van der Waals surface area contributed by atoms with E-state index < -0.39 is 0 Å². The van der Waals surface area contributed by atoms with E-state index in [-0.39, 0.29) is 6.17 Å². The quantitative estimate of drug-likeness (QED) is 0.418. The van der Waals surface area contributed by atoms with Crippen molar-refractivity contribution in [2.45, 2.75) is 6.17 Å². The van der Waals surface area contributed by atoms with Crippen LogP contribution in [0.3, 0.4) is 0 Å². The number of hydrogen-bond acceptors (Lipinski definition) is 3. The molecular weight excluding hydrogens is 447 g/mol. The average Bonchev–Trinajstić information content (AvgIpc) is 3.05. The molecule has 0 saturated carbocycles. The number of nitrogens with zero attached hydrogens (tertiary/aromatic N) is 3. The minimum absolute atomic E-state index is 0.178. The molecule has 1 atom stereocenters. The smallest absolute Gasteiger partial charge is 0.149 e. The van der Waals surface area contributed by atoms with Gasteiger partial charge < -0.3 is 5.32 Å². The second-order valence-corrected chi connectivity index (χ2v) is 7.31. The molecule has 4 aromatic rings. The first-order chi connectivity index (χ1) is 12.2. The molecule has 1 N–H and O–H groups in total. The largest absolute Gasteiger partial charge is 0.360 e. The predicted octanol–water partition coefficient (Wildman–Crippen LogP) is 5.35.